The van der Waals surface area contributed by atoms with Crippen molar-refractivity contribution < 1.29 is 4.79 Å². The van der Waals surface area contributed by atoms with Gasteiger partial charge in [0.1, 0.15) is 0 Å². The minimum atomic E-state index is -0.0338. The first-order valence-corrected chi connectivity index (χ1v) is 8.71. The summed E-state index contributed by atoms with van der Waals surface area (Å²) >= 11 is 3.15. The molecule has 5 heteroatoms. The second-order valence-corrected chi connectivity index (χ2v) is 7.37. The van der Waals surface area contributed by atoms with Gasteiger partial charge < -0.3 is 0 Å². The number of hydrogen-bond acceptors (Lipinski definition) is 4. The van der Waals surface area contributed by atoms with Gasteiger partial charge in [-0.2, -0.15) is 0 Å². The second kappa shape index (κ2) is 5.24. The number of nitrogens with zero attached hydrogens (tertiary/aromatic N) is 1. The van der Waals surface area contributed by atoms with Crippen molar-refractivity contribution in [3.63, 3.8) is 0 Å². The zero-order valence-electron chi connectivity index (χ0n) is 11.4. The van der Waals surface area contributed by atoms with Gasteiger partial charge in [-0.15, -0.1) is 11.3 Å². The first-order chi connectivity index (χ1) is 10.3. The van der Waals surface area contributed by atoms with Crippen LogP contribution in [0.1, 0.15) is 33.0 Å². The normalized spacial score (nSPS) is 14.1. The molecule has 0 atom stereocenters. The van der Waals surface area contributed by atoms with Crippen LogP contribution in [0, 0.1) is 0 Å². The molecule has 3 aromatic rings. The molecule has 1 aromatic carbocycles. The van der Waals surface area contributed by atoms with Gasteiger partial charge in [0.25, 0.3) is 5.91 Å². The van der Waals surface area contributed by atoms with Gasteiger partial charge in [-0.25, -0.2) is 4.98 Å². The monoisotopic (exact) mass is 314 g/mol. The van der Waals surface area contributed by atoms with Crippen LogP contribution in [-0.4, -0.2) is 10.9 Å². The number of rotatable bonds is 2. The third kappa shape index (κ3) is 2.47. The Labute approximate surface area is 130 Å². The van der Waals surface area contributed by atoms with Crippen LogP contribution in [-0.2, 0) is 12.8 Å². The number of carbonyl (C=O) groups is 1. The van der Waals surface area contributed by atoms with Gasteiger partial charge in [-0.05, 0) is 49.4 Å². The number of benzene rings is 1. The Kier molecular flexibility index (Phi) is 3.24. The molecular weight excluding hydrogens is 300 g/mol. The Hall–Kier alpha value is -1.72. The smallest absolute Gasteiger partial charge is 0.267 e. The second-order valence-electron chi connectivity index (χ2n) is 5.21. The zero-order valence-corrected chi connectivity index (χ0v) is 13.0. The predicted octanol–water partition coefficient (Wildman–Crippen LogP) is 4.49. The topological polar surface area (TPSA) is 42.0 Å². The van der Waals surface area contributed by atoms with Gasteiger partial charge >= 0.3 is 0 Å². The number of aryl methyl sites for hydroxylation is 2. The summed E-state index contributed by atoms with van der Waals surface area (Å²) < 4.78 is 1.10. The van der Waals surface area contributed by atoms with E-state index in [1.54, 1.807) is 11.3 Å². The van der Waals surface area contributed by atoms with Crippen LogP contribution in [0.3, 0.4) is 0 Å². The first-order valence-electron chi connectivity index (χ1n) is 7.08. The van der Waals surface area contributed by atoms with E-state index in [-0.39, 0.29) is 5.91 Å². The lowest BCUT2D eigenvalue weighted by molar-refractivity contribution is 0.103. The summed E-state index contributed by atoms with van der Waals surface area (Å²) in [6.07, 6.45) is 4.71. The van der Waals surface area contributed by atoms with Crippen molar-refractivity contribution >= 4 is 43.9 Å². The highest BCUT2D eigenvalue weighted by atomic mass is 32.1. The molecule has 1 amide bonds. The fraction of sp³-hybridized carbons (Fsp3) is 0.250. The number of anilines is 1. The molecule has 0 bridgehead atoms. The number of fused-ring (bicyclic) bond motifs is 2. The lowest BCUT2D eigenvalue weighted by Crippen LogP contribution is -2.09. The molecule has 4 rings (SSSR count). The molecule has 0 spiro atoms. The van der Waals surface area contributed by atoms with Crippen LogP contribution in [0.2, 0.25) is 0 Å². The SMILES string of the molecule is O=C(Nc1nc2ccccc2s1)c1cc2c(s1)CCCC2. The van der Waals surface area contributed by atoms with E-state index in [1.807, 2.05) is 24.3 Å². The molecule has 21 heavy (non-hydrogen) atoms. The Morgan fingerprint density at radius 1 is 1.14 bits per heavy atom. The number of thiophene rings is 1. The number of nitrogens with one attached hydrogen (secondary N) is 1. The van der Waals surface area contributed by atoms with Crippen molar-refractivity contribution in [3.8, 4) is 0 Å². The Morgan fingerprint density at radius 3 is 2.86 bits per heavy atom. The minimum absolute atomic E-state index is 0.0338. The number of amides is 1. The highest BCUT2D eigenvalue weighted by molar-refractivity contribution is 7.22. The molecule has 0 saturated carbocycles. The molecule has 1 N–H and O–H groups in total. The van der Waals surface area contributed by atoms with Gasteiger partial charge in [0.15, 0.2) is 5.13 Å². The first kappa shape index (κ1) is 13.0. The third-order valence-electron chi connectivity index (χ3n) is 3.73. The van der Waals surface area contributed by atoms with E-state index < -0.39 is 0 Å². The number of thiazole rings is 1. The van der Waals surface area contributed by atoms with E-state index in [0.717, 1.165) is 27.9 Å². The van der Waals surface area contributed by atoms with Crippen LogP contribution in [0.4, 0.5) is 5.13 Å². The van der Waals surface area contributed by atoms with E-state index in [9.17, 15) is 4.79 Å². The van der Waals surface area contributed by atoms with Gasteiger partial charge in [-0.3, -0.25) is 10.1 Å². The van der Waals surface area contributed by atoms with E-state index in [4.69, 9.17) is 0 Å². The van der Waals surface area contributed by atoms with Crippen LogP contribution < -0.4 is 5.32 Å². The average molecular weight is 314 g/mol. The number of carbonyl (C=O) groups excluding carboxylic acids is 1. The molecule has 3 nitrogen and oxygen atoms in total. The zero-order chi connectivity index (χ0) is 14.2. The molecule has 0 fully saturated rings. The molecule has 1 aliphatic carbocycles. The van der Waals surface area contributed by atoms with Gasteiger partial charge in [-0.1, -0.05) is 23.5 Å². The van der Waals surface area contributed by atoms with Gasteiger partial charge in [0.2, 0.25) is 0 Å². The molecule has 0 saturated heterocycles. The molecular formula is C16H14N2OS2. The van der Waals surface area contributed by atoms with Crippen LogP contribution in [0.15, 0.2) is 30.3 Å². The third-order valence-corrected chi connectivity index (χ3v) is 5.92. The predicted molar refractivity (Wildman–Crippen MR) is 88.5 cm³/mol. The Morgan fingerprint density at radius 2 is 2.00 bits per heavy atom. The lowest BCUT2D eigenvalue weighted by atomic mass is 9.99. The number of para-hydroxylation sites is 1. The Balaban J connectivity index is 1.58. The molecule has 1 aliphatic rings. The van der Waals surface area contributed by atoms with Crippen molar-refractivity contribution in [2.45, 2.75) is 25.7 Å². The quantitative estimate of drug-likeness (QED) is 0.757. The molecule has 0 radical (unpaired) electrons. The summed E-state index contributed by atoms with van der Waals surface area (Å²) in [5, 5.41) is 3.61. The maximum Gasteiger partial charge on any atom is 0.267 e. The van der Waals surface area contributed by atoms with Crippen LogP contribution in [0.5, 0.6) is 0 Å². The van der Waals surface area contributed by atoms with E-state index in [2.05, 4.69) is 16.4 Å². The molecule has 106 valence electrons. The standard InChI is InChI=1S/C16H14N2OS2/c19-15(14-9-10-5-1-3-7-12(10)20-14)18-16-17-11-6-2-4-8-13(11)21-16/h2,4,6,8-9H,1,3,5,7H2,(H,17,18,19). The number of aromatic nitrogens is 1. The average Bonchev–Trinajstić information content (AvgIpc) is 3.10. The minimum Gasteiger partial charge on any atom is -0.297 e. The summed E-state index contributed by atoms with van der Waals surface area (Å²) in [5.41, 5.74) is 2.30. The van der Waals surface area contributed by atoms with Crippen LogP contribution >= 0.6 is 22.7 Å². The van der Waals surface area contributed by atoms with Crippen molar-refractivity contribution in [2.24, 2.45) is 0 Å². The van der Waals surface area contributed by atoms with Crippen molar-refractivity contribution in [3.05, 3.63) is 45.6 Å². The summed E-state index contributed by atoms with van der Waals surface area (Å²) in [6.45, 7) is 0. The summed E-state index contributed by atoms with van der Waals surface area (Å²) in [5.74, 6) is -0.0338. The molecule has 2 aromatic heterocycles. The maximum atomic E-state index is 12.4. The van der Waals surface area contributed by atoms with Crippen molar-refractivity contribution in [2.75, 3.05) is 5.32 Å². The largest absolute Gasteiger partial charge is 0.297 e. The highest BCUT2D eigenvalue weighted by Gasteiger charge is 2.18. The lowest BCUT2D eigenvalue weighted by Gasteiger charge is -2.08. The fourth-order valence-electron chi connectivity index (χ4n) is 2.69. The molecule has 0 aliphatic heterocycles. The van der Waals surface area contributed by atoms with Crippen LogP contribution in [0.25, 0.3) is 10.2 Å². The number of hydrogen-bond donors (Lipinski definition) is 1. The molecule has 2 heterocycles. The summed E-state index contributed by atoms with van der Waals surface area (Å²) in [6, 6.07) is 9.99. The van der Waals surface area contributed by atoms with E-state index >= 15 is 0 Å². The fourth-order valence-corrected chi connectivity index (χ4v) is 4.70. The van der Waals surface area contributed by atoms with Crippen molar-refractivity contribution in [1.29, 1.82) is 0 Å². The van der Waals surface area contributed by atoms with Gasteiger partial charge in [0, 0.05) is 4.88 Å². The summed E-state index contributed by atoms with van der Waals surface area (Å²) in [7, 11) is 0. The highest BCUT2D eigenvalue weighted by Crippen LogP contribution is 2.31. The van der Waals surface area contributed by atoms with Gasteiger partial charge in [0.05, 0.1) is 15.1 Å². The van der Waals surface area contributed by atoms with E-state index in [0.29, 0.717) is 5.13 Å². The maximum absolute atomic E-state index is 12.4. The Bertz CT molecular complexity index is 762. The van der Waals surface area contributed by atoms with E-state index in [1.165, 1.54) is 34.6 Å². The molecule has 0 unspecified atom stereocenters. The summed E-state index contributed by atoms with van der Waals surface area (Å²) in [4.78, 5) is 19.0. The van der Waals surface area contributed by atoms with Crippen molar-refractivity contribution in [1.82, 2.24) is 4.98 Å².